The van der Waals surface area contributed by atoms with Crippen molar-refractivity contribution in [1.82, 2.24) is 18.8 Å². The monoisotopic (exact) mass is 503 g/mol. The molecule has 34 heavy (non-hydrogen) atoms. The zero-order valence-corrected chi connectivity index (χ0v) is 21.0. The minimum Gasteiger partial charge on any atom is -0.379 e. The SMILES string of the molecule is CC[C@H]1CN(c2ccc3c(=O)c(S(=O)(=O)N4CCCCC4)cn(-c4nccs4)c3n2)C[C@@H]1OC. The first-order chi connectivity index (χ1) is 16.4. The van der Waals surface area contributed by atoms with Gasteiger partial charge >= 0.3 is 0 Å². The van der Waals surface area contributed by atoms with Crippen molar-refractivity contribution in [3.63, 3.8) is 0 Å². The van der Waals surface area contributed by atoms with E-state index in [-0.39, 0.29) is 16.4 Å². The highest BCUT2D eigenvalue weighted by Gasteiger charge is 2.33. The van der Waals surface area contributed by atoms with Crippen molar-refractivity contribution in [2.75, 3.05) is 38.2 Å². The predicted molar refractivity (Wildman–Crippen MR) is 132 cm³/mol. The maximum Gasteiger partial charge on any atom is 0.248 e. The Kier molecular flexibility index (Phi) is 6.45. The zero-order valence-electron chi connectivity index (χ0n) is 19.4. The summed E-state index contributed by atoms with van der Waals surface area (Å²) in [6, 6.07) is 3.50. The third kappa shape index (κ3) is 4.04. The minimum absolute atomic E-state index is 0.126. The molecule has 0 saturated carbocycles. The molecule has 0 bridgehead atoms. The topological polar surface area (TPSA) is 97.6 Å². The Hall–Kier alpha value is -2.34. The molecule has 3 aromatic rings. The number of anilines is 1. The van der Waals surface area contributed by atoms with Crippen molar-refractivity contribution in [2.45, 2.75) is 43.6 Å². The summed E-state index contributed by atoms with van der Waals surface area (Å²) in [5.74, 6) is 1.14. The van der Waals surface area contributed by atoms with Crippen LogP contribution in [-0.2, 0) is 14.8 Å². The third-order valence-corrected chi connectivity index (χ3v) is 9.56. The molecule has 2 aliphatic heterocycles. The van der Waals surface area contributed by atoms with E-state index in [2.05, 4.69) is 16.8 Å². The Morgan fingerprint density at radius 1 is 1.18 bits per heavy atom. The molecule has 2 saturated heterocycles. The van der Waals surface area contributed by atoms with Gasteiger partial charge in [0, 0.05) is 57.0 Å². The van der Waals surface area contributed by atoms with Crippen LogP contribution < -0.4 is 10.3 Å². The van der Waals surface area contributed by atoms with Gasteiger partial charge in [0.2, 0.25) is 15.5 Å². The van der Waals surface area contributed by atoms with E-state index in [0.29, 0.717) is 29.8 Å². The fraction of sp³-hybridized carbons (Fsp3) is 0.522. The molecule has 5 rings (SSSR count). The molecular formula is C23H29N5O4S2. The number of hydrogen-bond donors (Lipinski definition) is 0. The Morgan fingerprint density at radius 3 is 2.62 bits per heavy atom. The first kappa shape index (κ1) is 23.4. The smallest absolute Gasteiger partial charge is 0.248 e. The molecule has 0 unspecified atom stereocenters. The number of ether oxygens (including phenoxy) is 1. The number of piperidine rings is 1. The Balaban J connectivity index is 1.65. The summed E-state index contributed by atoms with van der Waals surface area (Å²) in [6.45, 7) is 4.55. The van der Waals surface area contributed by atoms with Gasteiger partial charge in [-0.15, -0.1) is 11.3 Å². The van der Waals surface area contributed by atoms with Crippen molar-refractivity contribution in [3.8, 4) is 5.13 Å². The number of thiazole rings is 1. The van der Waals surface area contributed by atoms with E-state index in [0.717, 1.165) is 44.6 Å². The van der Waals surface area contributed by atoms with E-state index in [1.165, 1.54) is 21.8 Å². The van der Waals surface area contributed by atoms with E-state index >= 15 is 0 Å². The Morgan fingerprint density at radius 2 is 1.97 bits per heavy atom. The Bertz CT molecular complexity index is 1320. The van der Waals surface area contributed by atoms with Crippen LogP contribution in [0.25, 0.3) is 16.2 Å². The number of pyridine rings is 2. The summed E-state index contributed by atoms with van der Waals surface area (Å²) in [5, 5.41) is 2.65. The van der Waals surface area contributed by atoms with Gasteiger partial charge < -0.3 is 9.64 Å². The van der Waals surface area contributed by atoms with Crippen LogP contribution in [-0.4, -0.2) is 66.7 Å². The second-order valence-electron chi connectivity index (χ2n) is 8.86. The van der Waals surface area contributed by atoms with E-state index < -0.39 is 15.5 Å². The molecule has 3 aromatic heterocycles. The summed E-state index contributed by atoms with van der Waals surface area (Å²) in [7, 11) is -2.19. The quantitative estimate of drug-likeness (QED) is 0.510. The van der Waals surface area contributed by atoms with Crippen LogP contribution in [0.5, 0.6) is 0 Å². The molecule has 0 N–H and O–H groups in total. The molecule has 0 amide bonds. The van der Waals surface area contributed by atoms with Gasteiger partial charge in [0.25, 0.3) is 0 Å². The molecule has 0 radical (unpaired) electrons. The lowest BCUT2D eigenvalue weighted by atomic mass is 10.0. The van der Waals surface area contributed by atoms with E-state index in [4.69, 9.17) is 9.72 Å². The minimum atomic E-state index is -3.92. The number of rotatable bonds is 6. The van der Waals surface area contributed by atoms with Crippen LogP contribution >= 0.6 is 11.3 Å². The summed E-state index contributed by atoms with van der Waals surface area (Å²) in [6.07, 6.45) is 6.79. The van der Waals surface area contributed by atoms with Crippen LogP contribution in [0.15, 0.2) is 39.6 Å². The van der Waals surface area contributed by atoms with Crippen molar-refractivity contribution >= 4 is 38.2 Å². The molecule has 182 valence electrons. The molecular weight excluding hydrogens is 474 g/mol. The molecule has 5 heterocycles. The summed E-state index contributed by atoms with van der Waals surface area (Å²) < 4.78 is 35.6. The van der Waals surface area contributed by atoms with E-state index in [1.807, 2.05) is 5.38 Å². The number of fused-ring (bicyclic) bond motifs is 1. The van der Waals surface area contributed by atoms with Crippen LogP contribution in [0.2, 0.25) is 0 Å². The highest BCUT2D eigenvalue weighted by molar-refractivity contribution is 7.89. The van der Waals surface area contributed by atoms with Gasteiger partial charge in [0.05, 0.1) is 11.5 Å². The number of hydrogen-bond acceptors (Lipinski definition) is 8. The molecule has 2 aliphatic rings. The third-order valence-electron chi connectivity index (χ3n) is 6.89. The average Bonchev–Trinajstić information content (AvgIpc) is 3.54. The van der Waals surface area contributed by atoms with Gasteiger partial charge in [-0.3, -0.25) is 9.36 Å². The van der Waals surface area contributed by atoms with Crippen molar-refractivity contribution in [3.05, 3.63) is 40.1 Å². The standard InChI is InChI=1S/C23H29N5O4S2/c1-3-16-13-26(14-18(16)32-2)20-8-7-17-21(29)19(34(30,31)27-10-5-4-6-11-27)15-28(22(17)25-20)23-24-9-12-33-23/h7-9,12,15-16,18H,3-6,10-11,13-14H2,1-2H3/t16-,18-/m0/s1. The molecule has 0 spiro atoms. The second-order valence-corrected chi connectivity index (χ2v) is 11.6. The average molecular weight is 504 g/mol. The summed E-state index contributed by atoms with van der Waals surface area (Å²) >= 11 is 1.37. The zero-order chi connectivity index (χ0) is 23.9. The summed E-state index contributed by atoms with van der Waals surface area (Å²) in [5.41, 5.74) is -0.112. The van der Waals surface area contributed by atoms with Crippen LogP contribution in [0.3, 0.4) is 0 Å². The lowest BCUT2D eigenvalue weighted by Gasteiger charge is -2.26. The number of sulfonamides is 1. The molecule has 2 fully saturated rings. The number of nitrogens with zero attached hydrogens (tertiary/aromatic N) is 5. The van der Waals surface area contributed by atoms with Crippen molar-refractivity contribution < 1.29 is 13.2 Å². The molecule has 0 aliphatic carbocycles. The predicted octanol–water partition coefficient (Wildman–Crippen LogP) is 2.88. The first-order valence-electron chi connectivity index (χ1n) is 11.7. The highest BCUT2D eigenvalue weighted by Crippen LogP contribution is 2.29. The fourth-order valence-electron chi connectivity index (χ4n) is 4.94. The summed E-state index contributed by atoms with van der Waals surface area (Å²) in [4.78, 5) is 24.6. The van der Waals surface area contributed by atoms with Crippen LogP contribution in [0, 0.1) is 5.92 Å². The normalized spacial score (nSPS) is 22.0. The van der Waals surface area contributed by atoms with E-state index in [1.54, 1.807) is 30.0 Å². The molecule has 2 atom stereocenters. The maximum atomic E-state index is 13.5. The fourth-order valence-corrected chi connectivity index (χ4v) is 7.16. The van der Waals surface area contributed by atoms with Gasteiger partial charge in [0.15, 0.2) is 10.8 Å². The van der Waals surface area contributed by atoms with Gasteiger partial charge in [-0.25, -0.2) is 18.4 Å². The van der Waals surface area contributed by atoms with Crippen LogP contribution in [0.4, 0.5) is 5.82 Å². The van der Waals surface area contributed by atoms with Crippen molar-refractivity contribution in [2.24, 2.45) is 5.92 Å². The van der Waals surface area contributed by atoms with Gasteiger partial charge in [-0.05, 0) is 31.4 Å². The lowest BCUT2D eigenvalue weighted by Crippen LogP contribution is -2.38. The second kappa shape index (κ2) is 9.37. The van der Waals surface area contributed by atoms with E-state index in [9.17, 15) is 13.2 Å². The lowest BCUT2D eigenvalue weighted by molar-refractivity contribution is 0.0824. The largest absolute Gasteiger partial charge is 0.379 e. The van der Waals surface area contributed by atoms with Crippen molar-refractivity contribution in [1.29, 1.82) is 0 Å². The number of aromatic nitrogens is 3. The van der Waals surface area contributed by atoms with Gasteiger partial charge in [-0.1, -0.05) is 13.3 Å². The maximum absolute atomic E-state index is 13.5. The first-order valence-corrected chi connectivity index (χ1v) is 14.0. The van der Waals surface area contributed by atoms with Gasteiger partial charge in [0.1, 0.15) is 10.7 Å². The highest BCUT2D eigenvalue weighted by atomic mass is 32.2. The Labute approximate surface area is 203 Å². The van der Waals surface area contributed by atoms with Gasteiger partial charge in [-0.2, -0.15) is 4.31 Å². The molecule has 0 aromatic carbocycles. The van der Waals surface area contributed by atoms with Crippen LogP contribution in [0.1, 0.15) is 32.6 Å². The molecule has 9 nitrogen and oxygen atoms in total. The number of methoxy groups -OCH3 is 1. The molecule has 11 heteroatoms.